The van der Waals surface area contributed by atoms with Crippen molar-refractivity contribution >= 4 is 44.6 Å². The van der Waals surface area contributed by atoms with Crippen molar-refractivity contribution in [2.75, 3.05) is 10.6 Å². The van der Waals surface area contributed by atoms with Gasteiger partial charge in [0.15, 0.2) is 10.3 Å². The molecule has 146 valence electrons. The van der Waals surface area contributed by atoms with Crippen molar-refractivity contribution in [1.29, 1.82) is 0 Å². The SMILES string of the molecule is c1ccc(Nc2nc(-c3cccc(-c4csc(Nc5ccccn5)n4)c3)cs2)nc1. The summed E-state index contributed by atoms with van der Waals surface area (Å²) in [6.45, 7) is 0. The first kappa shape index (κ1) is 18.4. The van der Waals surface area contributed by atoms with Crippen LogP contribution in [-0.4, -0.2) is 19.9 Å². The molecule has 6 nitrogen and oxygen atoms in total. The number of hydrogen-bond acceptors (Lipinski definition) is 8. The minimum Gasteiger partial charge on any atom is -0.316 e. The van der Waals surface area contributed by atoms with E-state index < -0.39 is 0 Å². The lowest BCUT2D eigenvalue weighted by Gasteiger charge is -2.02. The molecule has 0 radical (unpaired) electrons. The molecule has 0 aliphatic rings. The fourth-order valence-corrected chi connectivity index (χ4v) is 4.31. The Labute approximate surface area is 181 Å². The number of pyridine rings is 2. The lowest BCUT2D eigenvalue weighted by atomic mass is 10.1. The highest BCUT2D eigenvalue weighted by atomic mass is 32.1. The monoisotopic (exact) mass is 428 g/mol. The second-order valence-corrected chi connectivity index (χ2v) is 8.05. The van der Waals surface area contributed by atoms with Gasteiger partial charge in [-0.15, -0.1) is 22.7 Å². The summed E-state index contributed by atoms with van der Waals surface area (Å²) in [5.41, 5.74) is 3.93. The van der Waals surface area contributed by atoms with Crippen molar-refractivity contribution in [2.45, 2.75) is 0 Å². The normalized spacial score (nSPS) is 10.7. The lowest BCUT2D eigenvalue weighted by Crippen LogP contribution is -1.92. The molecule has 0 unspecified atom stereocenters. The number of rotatable bonds is 6. The number of benzene rings is 1. The van der Waals surface area contributed by atoms with Crippen LogP contribution in [0.25, 0.3) is 22.5 Å². The van der Waals surface area contributed by atoms with Crippen molar-refractivity contribution < 1.29 is 0 Å². The molecule has 0 fully saturated rings. The Morgan fingerprint density at radius 1 is 0.600 bits per heavy atom. The van der Waals surface area contributed by atoms with Crippen LogP contribution in [0.2, 0.25) is 0 Å². The molecule has 2 N–H and O–H groups in total. The quantitative estimate of drug-likeness (QED) is 0.335. The molecule has 1 aromatic carbocycles. The molecule has 0 bridgehead atoms. The molecule has 0 atom stereocenters. The molecule has 4 aromatic heterocycles. The molecule has 0 saturated carbocycles. The molecule has 0 spiro atoms. The Bertz CT molecular complexity index is 1160. The molecule has 0 aliphatic heterocycles. The van der Waals surface area contributed by atoms with Gasteiger partial charge in [0.2, 0.25) is 0 Å². The van der Waals surface area contributed by atoms with E-state index in [1.54, 1.807) is 35.1 Å². The second-order valence-electron chi connectivity index (χ2n) is 6.34. The van der Waals surface area contributed by atoms with Crippen molar-refractivity contribution in [3.05, 3.63) is 83.8 Å². The first-order chi connectivity index (χ1) is 14.8. The molecular weight excluding hydrogens is 412 g/mol. The van der Waals surface area contributed by atoms with Gasteiger partial charge in [0.05, 0.1) is 11.4 Å². The molecule has 5 aromatic rings. The van der Waals surface area contributed by atoms with Crippen LogP contribution in [0.3, 0.4) is 0 Å². The predicted molar refractivity (Wildman–Crippen MR) is 124 cm³/mol. The van der Waals surface area contributed by atoms with Gasteiger partial charge >= 0.3 is 0 Å². The highest BCUT2D eigenvalue weighted by molar-refractivity contribution is 7.14. The minimum absolute atomic E-state index is 0.780. The zero-order chi connectivity index (χ0) is 20.2. The van der Waals surface area contributed by atoms with Gasteiger partial charge in [-0.1, -0.05) is 30.3 Å². The van der Waals surface area contributed by atoms with E-state index in [1.807, 2.05) is 53.2 Å². The molecule has 0 saturated heterocycles. The third-order valence-electron chi connectivity index (χ3n) is 4.26. The van der Waals surface area contributed by atoms with Gasteiger partial charge in [0.1, 0.15) is 11.6 Å². The van der Waals surface area contributed by atoms with E-state index in [4.69, 9.17) is 9.97 Å². The summed E-state index contributed by atoms with van der Waals surface area (Å²) in [5.74, 6) is 1.56. The van der Waals surface area contributed by atoms with Gasteiger partial charge in [0.25, 0.3) is 0 Å². The summed E-state index contributed by atoms with van der Waals surface area (Å²) in [6.07, 6.45) is 3.51. The minimum atomic E-state index is 0.780. The number of aromatic nitrogens is 4. The summed E-state index contributed by atoms with van der Waals surface area (Å²) in [5, 5.41) is 12.2. The highest BCUT2D eigenvalue weighted by Gasteiger charge is 2.09. The fourth-order valence-electron chi connectivity index (χ4n) is 2.86. The second kappa shape index (κ2) is 8.40. The van der Waals surface area contributed by atoms with Crippen LogP contribution in [0.4, 0.5) is 21.9 Å². The van der Waals surface area contributed by atoms with E-state index in [1.165, 1.54) is 0 Å². The number of nitrogens with one attached hydrogen (secondary N) is 2. The van der Waals surface area contributed by atoms with Crippen molar-refractivity contribution in [2.24, 2.45) is 0 Å². The van der Waals surface area contributed by atoms with Crippen LogP contribution < -0.4 is 10.6 Å². The van der Waals surface area contributed by atoms with Crippen molar-refractivity contribution in [3.63, 3.8) is 0 Å². The Kier molecular flexibility index (Phi) is 5.15. The molecule has 5 rings (SSSR count). The summed E-state index contributed by atoms with van der Waals surface area (Å²) in [7, 11) is 0. The van der Waals surface area contributed by atoms with E-state index in [9.17, 15) is 0 Å². The molecule has 0 aliphatic carbocycles. The Morgan fingerprint density at radius 3 is 1.60 bits per heavy atom. The van der Waals surface area contributed by atoms with Gasteiger partial charge in [-0.2, -0.15) is 0 Å². The maximum atomic E-state index is 4.70. The van der Waals surface area contributed by atoms with Crippen molar-refractivity contribution in [3.8, 4) is 22.5 Å². The Hall–Kier alpha value is -3.62. The molecule has 30 heavy (non-hydrogen) atoms. The van der Waals surface area contributed by atoms with E-state index in [0.717, 1.165) is 44.4 Å². The Balaban J connectivity index is 1.35. The Morgan fingerprint density at radius 2 is 1.13 bits per heavy atom. The summed E-state index contributed by atoms with van der Waals surface area (Å²) in [4.78, 5) is 18.0. The van der Waals surface area contributed by atoms with Crippen LogP contribution in [-0.2, 0) is 0 Å². The largest absolute Gasteiger partial charge is 0.316 e. The van der Waals surface area contributed by atoms with E-state index in [0.29, 0.717) is 0 Å². The zero-order valence-corrected chi connectivity index (χ0v) is 17.3. The maximum Gasteiger partial charge on any atom is 0.188 e. The van der Waals surface area contributed by atoms with E-state index in [2.05, 4.69) is 38.8 Å². The van der Waals surface area contributed by atoms with Crippen molar-refractivity contribution in [1.82, 2.24) is 19.9 Å². The fraction of sp³-hybridized carbons (Fsp3) is 0. The first-order valence-corrected chi connectivity index (χ1v) is 11.0. The number of hydrogen-bond donors (Lipinski definition) is 2. The standard InChI is InChI=1S/C22H16N6S2/c1-3-10-23-19(8-1)27-21-25-17(13-29-21)15-6-5-7-16(12-15)18-14-30-22(26-18)28-20-9-2-4-11-24-20/h1-14H,(H,23,25,27)(H,24,26,28). The first-order valence-electron chi connectivity index (χ1n) is 9.21. The number of thiazole rings is 2. The van der Waals surface area contributed by atoms with Crippen LogP contribution in [0, 0.1) is 0 Å². The molecular formula is C22H16N6S2. The number of anilines is 4. The molecule has 4 heterocycles. The average molecular weight is 429 g/mol. The smallest absolute Gasteiger partial charge is 0.188 e. The summed E-state index contributed by atoms with van der Waals surface area (Å²) >= 11 is 3.11. The van der Waals surface area contributed by atoms with Gasteiger partial charge < -0.3 is 10.6 Å². The summed E-state index contributed by atoms with van der Waals surface area (Å²) in [6, 6.07) is 19.8. The van der Waals surface area contributed by atoms with Gasteiger partial charge in [-0.3, -0.25) is 0 Å². The van der Waals surface area contributed by atoms with Gasteiger partial charge in [-0.25, -0.2) is 19.9 Å². The zero-order valence-electron chi connectivity index (χ0n) is 15.7. The third-order valence-corrected chi connectivity index (χ3v) is 5.78. The van der Waals surface area contributed by atoms with Crippen LogP contribution in [0.15, 0.2) is 83.8 Å². The third kappa shape index (κ3) is 4.19. The average Bonchev–Trinajstić information content (AvgIpc) is 3.45. The number of nitrogens with zero attached hydrogens (tertiary/aromatic N) is 4. The van der Waals surface area contributed by atoms with Gasteiger partial charge in [0, 0.05) is 34.3 Å². The lowest BCUT2D eigenvalue weighted by molar-refractivity contribution is 1.28. The van der Waals surface area contributed by atoms with E-state index in [-0.39, 0.29) is 0 Å². The predicted octanol–water partition coefficient (Wildman–Crippen LogP) is 6.21. The molecule has 0 amide bonds. The van der Waals surface area contributed by atoms with Crippen LogP contribution in [0.1, 0.15) is 0 Å². The summed E-state index contributed by atoms with van der Waals surface area (Å²) < 4.78 is 0. The van der Waals surface area contributed by atoms with Gasteiger partial charge in [-0.05, 0) is 30.3 Å². The van der Waals surface area contributed by atoms with Crippen LogP contribution in [0.5, 0.6) is 0 Å². The topological polar surface area (TPSA) is 75.6 Å². The maximum absolute atomic E-state index is 4.70. The molecule has 8 heteroatoms. The van der Waals surface area contributed by atoms with E-state index >= 15 is 0 Å². The highest BCUT2D eigenvalue weighted by Crippen LogP contribution is 2.31. The van der Waals surface area contributed by atoms with Crippen LogP contribution >= 0.6 is 22.7 Å².